The average Bonchev–Trinajstić information content (AvgIpc) is 3.09. The molecule has 0 saturated carbocycles. The molecule has 1 atom stereocenters. The molecule has 4 N–H and O–H groups in total. The zero-order valence-electron chi connectivity index (χ0n) is 16.8. The van der Waals surface area contributed by atoms with Crippen LogP contribution >= 0.6 is 12.4 Å². The summed E-state index contributed by atoms with van der Waals surface area (Å²) in [5.41, 5.74) is 8.62. The minimum atomic E-state index is -0.616. The molecule has 0 aliphatic carbocycles. The fraction of sp³-hybridized carbons (Fsp3) is 0.450. The number of benzene rings is 1. The Labute approximate surface area is 172 Å². The highest BCUT2D eigenvalue weighted by Crippen LogP contribution is 2.19. The molecule has 0 bridgehead atoms. The van der Waals surface area contributed by atoms with Crippen molar-refractivity contribution in [3.8, 4) is 5.69 Å². The molecule has 0 radical (unpaired) electrons. The molecule has 0 fully saturated rings. The summed E-state index contributed by atoms with van der Waals surface area (Å²) in [6.45, 7) is 8.12. The number of rotatable bonds is 8. The van der Waals surface area contributed by atoms with Crippen molar-refractivity contribution in [1.82, 2.24) is 20.4 Å². The first-order valence-electron chi connectivity index (χ1n) is 9.23. The van der Waals surface area contributed by atoms with Crippen LogP contribution in [-0.4, -0.2) is 34.2 Å². The zero-order chi connectivity index (χ0) is 20.0. The Morgan fingerprint density at radius 2 is 1.75 bits per heavy atom. The largest absolute Gasteiger partial charge is 0.350 e. The van der Waals surface area contributed by atoms with Crippen molar-refractivity contribution in [2.24, 2.45) is 11.7 Å². The summed E-state index contributed by atoms with van der Waals surface area (Å²) >= 11 is 0. The molecule has 154 valence electrons. The first kappa shape index (κ1) is 23.7. The predicted molar refractivity (Wildman–Crippen MR) is 113 cm³/mol. The quantitative estimate of drug-likeness (QED) is 0.623. The van der Waals surface area contributed by atoms with Crippen LogP contribution in [0.15, 0.2) is 36.5 Å². The molecular weight excluding hydrogens is 378 g/mol. The number of halogens is 1. The highest BCUT2D eigenvalue weighted by Gasteiger charge is 2.18. The number of nitrogens with one attached hydrogen (secondary N) is 2. The molecule has 1 aromatic carbocycles. The van der Waals surface area contributed by atoms with Gasteiger partial charge >= 0.3 is 0 Å². The second kappa shape index (κ2) is 10.8. The van der Waals surface area contributed by atoms with Gasteiger partial charge in [0.05, 0.1) is 24.0 Å². The van der Waals surface area contributed by atoms with Crippen LogP contribution in [0.4, 0.5) is 0 Å². The molecule has 1 aromatic heterocycles. The Morgan fingerprint density at radius 1 is 1.11 bits per heavy atom. The summed E-state index contributed by atoms with van der Waals surface area (Å²) in [5, 5.41) is 10.1. The summed E-state index contributed by atoms with van der Waals surface area (Å²) in [5.74, 6) is -0.336. The van der Waals surface area contributed by atoms with Gasteiger partial charge in [-0.15, -0.1) is 12.4 Å². The normalized spacial score (nSPS) is 11.8. The van der Waals surface area contributed by atoms with Crippen LogP contribution in [-0.2, 0) is 16.1 Å². The summed E-state index contributed by atoms with van der Waals surface area (Å²) in [4.78, 5) is 23.9. The van der Waals surface area contributed by atoms with Gasteiger partial charge in [0.2, 0.25) is 11.8 Å². The Balaban J connectivity index is 0.00000392. The van der Waals surface area contributed by atoms with Crippen molar-refractivity contribution in [2.45, 2.75) is 46.2 Å². The highest BCUT2D eigenvalue weighted by molar-refractivity contribution is 5.87. The number of para-hydroxylation sites is 1. The molecule has 0 unspecified atom stereocenters. The van der Waals surface area contributed by atoms with E-state index in [1.54, 1.807) is 0 Å². The number of amides is 2. The molecule has 0 saturated heterocycles. The van der Waals surface area contributed by atoms with E-state index in [2.05, 4.69) is 29.6 Å². The van der Waals surface area contributed by atoms with Crippen LogP contribution < -0.4 is 16.4 Å². The Kier molecular flexibility index (Phi) is 9.15. The van der Waals surface area contributed by atoms with E-state index in [-0.39, 0.29) is 42.6 Å². The molecule has 2 rings (SSSR count). The van der Waals surface area contributed by atoms with Gasteiger partial charge in [-0.3, -0.25) is 9.59 Å². The van der Waals surface area contributed by atoms with Crippen LogP contribution in [0.5, 0.6) is 0 Å². The summed E-state index contributed by atoms with van der Waals surface area (Å²) < 4.78 is 1.82. The third kappa shape index (κ3) is 6.35. The smallest absolute Gasteiger partial charge is 0.239 e. The maximum atomic E-state index is 12.1. The van der Waals surface area contributed by atoms with Crippen LogP contribution in [0.25, 0.3) is 5.69 Å². The first-order valence-corrected chi connectivity index (χ1v) is 9.23. The maximum absolute atomic E-state index is 12.1. The summed E-state index contributed by atoms with van der Waals surface area (Å²) in [7, 11) is 0. The molecule has 8 heteroatoms. The third-order valence-electron chi connectivity index (χ3n) is 4.31. The van der Waals surface area contributed by atoms with E-state index < -0.39 is 6.04 Å². The zero-order valence-corrected chi connectivity index (χ0v) is 17.6. The van der Waals surface area contributed by atoms with E-state index in [0.717, 1.165) is 16.9 Å². The minimum absolute atomic E-state index is 0. The second-order valence-electron chi connectivity index (χ2n) is 7.24. The average molecular weight is 408 g/mol. The number of aromatic nitrogens is 2. The number of nitrogens with two attached hydrogens (primary N) is 1. The molecular formula is C20H30ClN5O2. The van der Waals surface area contributed by atoms with Gasteiger partial charge in [0, 0.05) is 18.3 Å². The number of hydrogen-bond acceptors (Lipinski definition) is 4. The SMILES string of the molecule is CC(C)c1nn(-c2ccccc2)cc1CNC(=O)CNC(=O)[C@@H](N)C(C)C.Cl. The summed E-state index contributed by atoms with van der Waals surface area (Å²) in [6, 6.07) is 9.21. The van der Waals surface area contributed by atoms with Crippen molar-refractivity contribution in [1.29, 1.82) is 0 Å². The van der Waals surface area contributed by atoms with E-state index in [4.69, 9.17) is 5.73 Å². The lowest BCUT2D eigenvalue weighted by Crippen LogP contribution is -2.47. The second-order valence-corrected chi connectivity index (χ2v) is 7.24. The first-order chi connectivity index (χ1) is 12.8. The van der Waals surface area contributed by atoms with Crippen molar-refractivity contribution in [2.75, 3.05) is 6.54 Å². The van der Waals surface area contributed by atoms with E-state index >= 15 is 0 Å². The van der Waals surface area contributed by atoms with Crippen LogP contribution in [0.3, 0.4) is 0 Å². The number of carbonyl (C=O) groups excluding carboxylic acids is 2. The summed E-state index contributed by atoms with van der Waals surface area (Å²) in [6.07, 6.45) is 1.93. The van der Waals surface area contributed by atoms with E-state index in [0.29, 0.717) is 6.54 Å². The van der Waals surface area contributed by atoms with Gasteiger partial charge in [-0.25, -0.2) is 4.68 Å². The fourth-order valence-electron chi connectivity index (χ4n) is 2.60. The Morgan fingerprint density at radius 3 is 2.32 bits per heavy atom. The Hall–Kier alpha value is -2.38. The number of hydrogen-bond donors (Lipinski definition) is 3. The lowest BCUT2D eigenvalue weighted by molar-refractivity contribution is -0.127. The molecule has 2 aromatic rings. The van der Waals surface area contributed by atoms with Gasteiger partial charge < -0.3 is 16.4 Å². The van der Waals surface area contributed by atoms with Gasteiger partial charge in [-0.2, -0.15) is 5.10 Å². The fourth-order valence-corrected chi connectivity index (χ4v) is 2.60. The monoisotopic (exact) mass is 407 g/mol. The molecule has 1 heterocycles. The molecule has 0 spiro atoms. The van der Waals surface area contributed by atoms with Crippen molar-refractivity contribution < 1.29 is 9.59 Å². The lowest BCUT2D eigenvalue weighted by Gasteiger charge is -2.15. The van der Waals surface area contributed by atoms with Crippen molar-refractivity contribution >= 4 is 24.2 Å². The predicted octanol–water partition coefficient (Wildman–Crippen LogP) is 2.13. The van der Waals surface area contributed by atoms with Gasteiger partial charge in [-0.05, 0) is 24.0 Å². The van der Waals surface area contributed by atoms with Gasteiger partial charge in [0.15, 0.2) is 0 Å². The van der Waals surface area contributed by atoms with Gasteiger partial charge in [0.1, 0.15) is 0 Å². The van der Waals surface area contributed by atoms with E-state index in [9.17, 15) is 9.59 Å². The number of carbonyl (C=O) groups is 2. The van der Waals surface area contributed by atoms with Crippen LogP contribution in [0.1, 0.15) is 44.9 Å². The molecule has 0 aliphatic heterocycles. The van der Waals surface area contributed by atoms with Gasteiger partial charge in [0.25, 0.3) is 0 Å². The standard InChI is InChI=1S/C20H29N5O2.ClH/c1-13(2)18(21)20(27)23-11-17(26)22-10-15-12-25(24-19(15)14(3)4)16-8-6-5-7-9-16;/h5-9,12-14,18H,10-11,21H2,1-4H3,(H,22,26)(H,23,27);1H/t18-;/m0./s1. The van der Waals surface area contributed by atoms with Crippen molar-refractivity contribution in [3.63, 3.8) is 0 Å². The Bertz CT molecular complexity index is 774. The topological polar surface area (TPSA) is 102 Å². The molecule has 28 heavy (non-hydrogen) atoms. The third-order valence-corrected chi connectivity index (χ3v) is 4.31. The number of nitrogens with zero attached hydrogens (tertiary/aromatic N) is 2. The molecule has 7 nitrogen and oxygen atoms in total. The van der Waals surface area contributed by atoms with Crippen LogP contribution in [0, 0.1) is 5.92 Å². The molecule has 0 aliphatic rings. The van der Waals surface area contributed by atoms with E-state index in [1.807, 2.05) is 55.1 Å². The van der Waals surface area contributed by atoms with Gasteiger partial charge in [-0.1, -0.05) is 45.9 Å². The highest BCUT2D eigenvalue weighted by atomic mass is 35.5. The van der Waals surface area contributed by atoms with Crippen molar-refractivity contribution in [3.05, 3.63) is 47.8 Å². The van der Waals surface area contributed by atoms with E-state index in [1.165, 1.54) is 0 Å². The van der Waals surface area contributed by atoms with Crippen LogP contribution in [0.2, 0.25) is 0 Å². The molecule has 2 amide bonds. The lowest BCUT2D eigenvalue weighted by atomic mass is 10.1. The minimum Gasteiger partial charge on any atom is -0.350 e. The maximum Gasteiger partial charge on any atom is 0.239 e.